The lowest BCUT2D eigenvalue weighted by Crippen LogP contribution is -2.25. The molecule has 0 unspecified atom stereocenters. The minimum absolute atomic E-state index is 0.141. The van der Waals surface area contributed by atoms with Gasteiger partial charge in [0.05, 0.1) is 5.71 Å². The maximum atomic E-state index is 11.4. The molecule has 0 spiro atoms. The van der Waals surface area contributed by atoms with Crippen LogP contribution in [0.5, 0.6) is 0 Å². The highest BCUT2D eigenvalue weighted by molar-refractivity contribution is 8.02. The highest BCUT2D eigenvalue weighted by Gasteiger charge is 2.36. The van der Waals surface area contributed by atoms with Crippen LogP contribution in [0.15, 0.2) is 33.3 Å². The van der Waals surface area contributed by atoms with Crippen LogP contribution in [-0.4, -0.2) is 28.2 Å². The summed E-state index contributed by atoms with van der Waals surface area (Å²) in [6.45, 7) is 0. The van der Waals surface area contributed by atoms with Crippen molar-refractivity contribution in [2.24, 2.45) is 9.98 Å². The number of rotatable bonds is 0. The van der Waals surface area contributed by atoms with E-state index in [1.54, 1.807) is 6.20 Å². The van der Waals surface area contributed by atoms with Crippen molar-refractivity contribution >= 4 is 29.7 Å². The van der Waals surface area contributed by atoms with Gasteiger partial charge in [-0.05, 0) is 12.1 Å². The average Bonchev–Trinajstić information content (AvgIpc) is 2.59. The standard InChI is InChI=1S/C9H5N3OS/c13-8-7-6(11-4-12-8)5-2-1-3-10-9(5)14-7/h1-4,7H/t7-/m0/s1. The van der Waals surface area contributed by atoms with E-state index in [2.05, 4.69) is 15.0 Å². The quantitative estimate of drug-likeness (QED) is 0.629. The van der Waals surface area contributed by atoms with E-state index in [0.717, 1.165) is 16.3 Å². The molecule has 1 atom stereocenters. The first kappa shape index (κ1) is 7.87. The summed E-state index contributed by atoms with van der Waals surface area (Å²) in [5, 5.41) is 0.597. The molecule has 3 rings (SSSR count). The molecule has 2 aliphatic heterocycles. The van der Waals surface area contributed by atoms with E-state index in [9.17, 15) is 4.79 Å². The maximum absolute atomic E-state index is 11.4. The Morgan fingerprint density at radius 3 is 3.29 bits per heavy atom. The topological polar surface area (TPSA) is 54.7 Å². The number of hydrogen-bond acceptors (Lipinski definition) is 4. The van der Waals surface area contributed by atoms with E-state index in [1.807, 2.05) is 12.1 Å². The second-order valence-corrected chi connectivity index (χ2v) is 4.04. The lowest BCUT2D eigenvalue weighted by molar-refractivity contribution is -0.116. The molecule has 5 heteroatoms. The van der Waals surface area contributed by atoms with E-state index < -0.39 is 0 Å². The average molecular weight is 203 g/mol. The second-order valence-electron chi connectivity index (χ2n) is 2.95. The van der Waals surface area contributed by atoms with Crippen LogP contribution in [0.2, 0.25) is 0 Å². The van der Waals surface area contributed by atoms with E-state index in [0.29, 0.717) is 0 Å². The minimum atomic E-state index is -0.273. The van der Waals surface area contributed by atoms with Gasteiger partial charge in [0.2, 0.25) is 0 Å². The minimum Gasteiger partial charge on any atom is -0.271 e. The SMILES string of the molecule is O=C1N=CN=C2c3cccnc3S[C@H]12. The summed E-state index contributed by atoms with van der Waals surface area (Å²) in [5.41, 5.74) is 1.75. The van der Waals surface area contributed by atoms with Gasteiger partial charge in [-0.2, -0.15) is 0 Å². The van der Waals surface area contributed by atoms with Gasteiger partial charge in [-0.15, -0.1) is 0 Å². The molecule has 14 heavy (non-hydrogen) atoms. The number of carbonyl (C=O) groups is 1. The number of amides is 1. The lowest BCUT2D eigenvalue weighted by Gasteiger charge is -2.07. The molecule has 68 valence electrons. The fraction of sp³-hybridized carbons (Fsp3) is 0.111. The molecule has 2 aliphatic rings. The Morgan fingerprint density at radius 1 is 1.43 bits per heavy atom. The molecule has 0 saturated carbocycles. The van der Waals surface area contributed by atoms with Crippen LogP contribution < -0.4 is 0 Å². The Kier molecular flexibility index (Phi) is 1.55. The van der Waals surface area contributed by atoms with Gasteiger partial charge in [-0.3, -0.25) is 4.79 Å². The fourth-order valence-electron chi connectivity index (χ4n) is 1.51. The summed E-state index contributed by atoms with van der Waals surface area (Å²) in [4.78, 5) is 23.4. The Hall–Kier alpha value is -1.49. The van der Waals surface area contributed by atoms with Gasteiger partial charge in [0, 0.05) is 11.8 Å². The van der Waals surface area contributed by atoms with Gasteiger partial charge in [-0.25, -0.2) is 15.0 Å². The van der Waals surface area contributed by atoms with Crippen LogP contribution in [0.1, 0.15) is 5.56 Å². The molecular formula is C9H5N3OS. The smallest absolute Gasteiger partial charge is 0.266 e. The second kappa shape index (κ2) is 2.75. The number of nitrogens with zero attached hydrogens (tertiary/aromatic N) is 3. The molecule has 0 N–H and O–H groups in total. The summed E-state index contributed by atoms with van der Waals surface area (Å²) < 4.78 is 0. The van der Waals surface area contributed by atoms with Crippen LogP contribution in [0.25, 0.3) is 0 Å². The molecule has 0 radical (unpaired) electrons. The molecule has 1 aromatic heterocycles. The summed E-state index contributed by atoms with van der Waals surface area (Å²) in [5.74, 6) is -0.141. The zero-order valence-corrected chi connectivity index (χ0v) is 7.86. The van der Waals surface area contributed by atoms with E-state index in [1.165, 1.54) is 18.1 Å². The number of aliphatic imine (C=N–C) groups is 2. The number of fused-ring (bicyclic) bond motifs is 3. The van der Waals surface area contributed by atoms with Gasteiger partial charge < -0.3 is 0 Å². The molecule has 1 aromatic rings. The van der Waals surface area contributed by atoms with E-state index >= 15 is 0 Å². The Labute approximate surface area is 84.2 Å². The monoisotopic (exact) mass is 203 g/mol. The maximum Gasteiger partial charge on any atom is 0.266 e. The van der Waals surface area contributed by atoms with Crippen molar-refractivity contribution in [2.45, 2.75) is 10.3 Å². The zero-order chi connectivity index (χ0) is 9.54. The highest BCUT2D eigenvalue weighted by Crippen LogP contribution is 2.36. The van der Waals surface area contributed by atoms with Gasteiger partial charge in [0.25, 0.3) is 5.91 Å². The molecule has 1 amide bonds. The van der Waals surface area contributed by atoms with Crippen molar-refractivity contribution in [1.29, 1.82) is 0 Å². The molecule has 0 fully saturated rings. The highest BCUT2D eigenvalue weighted by atomic mass is 32.2. The van der Waals surface area contributed by atoms with Crippen molar-refractivity contribution in [1.82, 2.24) is 4.98 Å². The normalized spacial score (nSPS) is 23.0. The summed E-state index contributed by atoms with van der Waals surface area (Å²) in [7, 11) is 0. The zero-order valence-electron chi connectivity index (χ0n) is 7.04. The third kappa shape index (κ3) is 0.957. The number of thioether (sulfide) groups is 1. The first-order valence-electron chi connectivity index (χ1n) is 4.12. The van der Waals surface area contributed by atoms with E-state index in [-0.39, 0.29) is 11.2 Å². The summed E-state index contributed by atoms with van der Waals surface area (Å²) >= 11 is 1.42. The van der Waals surface area contributed by atoms with Crippen molar-refractivity contribution in [3.05, 3.63) is 23.9 Å². The molecule has 0 bridgehead atoms. The number of pyridine rings is 1. The molecule has 0 aromatic carbocycles. The Balaban J connectivity index is 2.19. The predicted octanol–water partition coefficient (Wildman–Crippen LogP) is 0.913. The lowest BCUT2D eigenvalue weighted by atomic mass is 10.1. The first-order valence-corrected chi connectivity index (χ1v) is 5.00. The van der Waals surface area contributed by atoms with Crippen LogP contribution in [-0.2, 0) is 4.79 Å². The van der Waals surface area contributed by atoms with Crippen molar-refractivity contribution < 1.29 is 4.79 Å². The van der Waals surface area contributed by atoms with Gasteiger partial charge in [0.1, 0.15) is 16.6 Å². The van der Waals surface area contributed by atoms with E-state index in [4.69, 9.17) is 0 Å². The molecule has 0 saturated heterocycles. The molecular weight excluding hydrogens is 198 g/mol. The molecule has 3 heterocycles. The number of hydrogen-bond donors (Lipinski definition) is 0. The Bertz CT molecular complexity index is 481. The fourth-order valence-corrected chi connectivity index (χ4v) is 2.61. The molecule has 4 nitrogen and oxygen atoms in total. The molecule has 0 aliphatic carbocycles. The van der Waals surface area contributed by atoms with Crippen LogP contribution in [0, 0.1) is 0 Å². The number of aromatic nitrogens is 1. The first-order chi connectivity index (χ1) is 6.86. The summed E-state index contributed by atoms with van der Waals surface area (Å²) in [6, 6.07) is 3.78. The van der Waals surface area contributed by atoms with Gasteiger partial charge in [0.15, 0.2) is 0 Å². The third-order valence-corrected chi connectivity index (χ3v) is 3.34. The predicted molar refractivity (Wildman–Crippen MR) is 53.9 cm³/mol. The van der Waals surface area contributed by atoms with Gasteiger partial charge in [-0.1, -0.05) is 11.8 Å². The van der Waals surface area contributed by atoms with Crippen molar-refractivity contribution in [3.8, 4) is 0 Å². The largest absolute Gasteiger partial charge is 0.271 e. The summed E-state index contributed by atoms with van der Waals surface area (Å²) in [6.07, 6.45) is 3.03. The Morgan fingerprint density at radius 2 is 2.36 bits per heavy atom. The van der Waals surface area contributed by atoms with Gasteiger partial charge >= 0.3 is 0 Å². The number of carbonyl (C=O) groups excluding carboxylic acids is 1. The van der Waals surface area contributed by atoms with Crippen molar-refractivity contribution in [2.75, 3.05) is 0 Å². The van der Waals surface area contributed by atoms with Crippen LogP contribution in [0.3, 0.4) is 0 Å². The third-order valence-electron chi connectivity index (χ3n) is 2.13. The van der Waals surface area contributed by atoms with Crippen molar-refractivity contribution in [3.63, 3.8) is 0 Å². The van der Waals surface area contributed by atoms with Crippen LogP contribution >= 0.6 is 11.8 Å². The van der Waals surface area contributed by atoms with Crippen LogP contribution in [0.4, 0.5) is 0 Å².